The van der Waals surface area contributed by atoms with E-state index in [0.29, 0.717) is 36.9 Å². The monoisotopic (exact) mass is 542 g/mol. The van der Waals surface area contributed by atoms with Crippen LogP contribution < -0.4 is 30.2 Å². The largest absolute Gasteiger partial charge is 0.497 e. The van der Waals surface area contributed by atoms with E-state index in [2.05, 4.69) is 20.9 Å². The number of aliphatic imine (C=N–C) groups is 1. The Labute approximate surface area is 200 Å². The third-order valence-corrected chi connectivity index (χ3v) is 4.28. The number of ether oxygens (including phenoxy) is 3. The second-order valence-electron chi connectivity index (χ2n) is 6.29. The lowest BCUT2D eigenvalue weighted by Gasteiger charge is -2.13. The molecular formula is C22H31IN4O4. The maximum Gasteiger partial charge on any atom is 0.251 e. The van der Waals surface area contributed by atoms with E-state index in [1.165, 1.54) is 0 Å². The molecule has 0 spiro atoms. The van der Waals surface area contributed by atoms with E-state index in [-0.39, 0.29) is 29.9 Å². The smallest absolute Gasteiger partial charge is 0.251 e. The van der Waals surface area contributed by atoms with Gasteiger partial charge in [0.2, 0.25) is 0 Å². The number of benzene rings is 2. The molecule has 0 aromatic heterocycles. The van der Waals surface area contributed by atoms with E-state index in [0.717, 1.165) is 23.6 Å². The molecule has 0 fully saturated rings. The van der Waals surface area contributed by atoms with E-state index in [9.17, 15) is 4.79 Å². The van der Waals surface area contributed by atoms with Gasteiger partial charge in [0.15, 0.2) is 5.96 Å². The summed E-state index contributed by atoms with van der Waals surface area (Å²) in [5, 5.41) is 9.28. The molecular weight excluding hydrogens is 511 g/mol. The summed E-state index contributed by atoms with van der Waals surface area (Å²) < 4.78 is 15.8. The standard InChI is InChI=1S/C22H30N4O4.HI/c1-5-23-22(26-15-17-9-10-19(29-3)14-20(17)30-4)25-12-11-24-21(27)16-7-6-8-18(13-16)28-2;/h6-10,13-14H,5,11-12,15H2,1-4H3,(H,24,27)(H2,23,25,26);1H. The number of methoxy groups -OCH3 is 3. The van der Waals surface area contributed by atoms with Crippen molar-refractivity contribution in [1.29, 1.82) is 0 Å². The fraction of sp³-hybridized carbons (Fsp3) is 0.364. The van der Waals surface area contributed by atoms with Gasteiger partial charge in [-0.25, -0.2) is 4.99 Å². The highest BCUT2D eigenvalue weighted by molar-refractivity contribution is 14.0. The highest BCUT2D eigenvalue weighted by Gasteiger charge is 2.07. The number of guanidine groups is 1. The molecule has 2 rings (SSSR count). The first kappa shape index (κ1) is 26.3. The van der Waals surface area contributed by atoms with Crippen molar-refractivity contribution in [2.75, 3.05) is 41.0 Å². The number of nitrogens with zero attached hydrogens (tertiary/aromatic N) is 1. The molecule has 0 heterocycles. The highest BCUT2D eigenvalue weighted by Crippen LogP contribution is 2.25. The van der Waals surface area contributed by atoms with Gasteiger partial charge >= 0.3 is 0 Å². The van der Waals surface area contributed by atoms with Crippen LogP contribution in [-0.4, -0.2) is 52.8 Å². The first-order valence-electron chi connectivity index (χ1n) is 9.76. The van der Waals surface area contributed by atoms with E-state index < -0.39 is 0 Å². The minimum atomic E-state index is -0.152. The van der Waals surface area contributed by atoms with E-state index >= 15 is 0 Å². The normalized spacial score (nSPS) is 10.5. The molecule has 170 valence electrons. The average Bonchev–Trinajstić information content (AvgIpc) is 2.79. The van der Waals surface area contributed by atoms with E-state index in [1.807, 2.05) is 25.1 Å². The van der Waals surface area contributed by atoms with Crippen molar-refractivity contribution in [2.24, 2.45) is 4.99 Å². The van der Waals surface area contributed by atoms with Crippen LogP contribution in [0.2, 0.25) is 0 Å². The number of carbonyl (C=O) groups is 1. The second-order valence-corrected chi connectivity index (χ2v) is 6.29. The summed E-state index contributed by atoms with van der Waals surface area (Å²) in [7, 11) is 4.81. The molecule has 2 aromatic rings. The third kappa shape index (κ3) is 8.52. The number of carbonyl (C=O) groups excluding carboxylic acids is 1. The zero-order valence-electron chi connectivity index (χ0n) is 18.4. The summed E-state index contributed by atoms with van der Waals surface area (Å²) in [5.74, 6) is 2.61. The molecule has 9 heteroatoms. The number of amides is 1. The lowest BCUT2D eigenvalue weighted by molar-refractivity contribution is 0.0954. The molecule has 1 amide bonds. The van der Waals surface area contributed by atoms with Gasteiger partial charge in [0.1, 0.15) is 17.2 Å². The Morgan fingerprint density at radius 2 is 1.61 bits per heavy atom. The molecule has 3 N–H and O–H groups in total. The number of rotatable bonds is 10. The molecule has 0 bridgehead atoms. The minimum Gasteiger partial charge on any atom is -0.497 e. The highest BCUT2D eigenvalue weighted by atomic mass is 127. The van der Waals surface area contributed by atoms with Crippen molar-refractivity contribution < 1.29 is 19.0 Å². The Morgan fingerprint density at radius 1 is 0.903 bits per heavy atom. The molecule has 2 aromatic carbocycles. The third-order valence-electron chi connectivity index (χ3n) is 4.28. The zero-order valence-corrected chi connectivity index (χ0v) is 20.7. The van der Waals surface area contributed by atoms with Crippen LogP contribution >= 0.6 is 24.0 Å². The molecule has 0 aliphatic carbocycles. The first-order chi connectivity index (χ1) is 14.6. The molecule has 0 aliphatic heterocycles. The molecule has 0 saturated heterocycles. The zero-order chi connectivity index (χ0) is 21.8. The van der Waals surface area contributed by atoms with Crippen LogP contribution in [0.3, 0.4) is 0 Å². The fourth-order valence-corrected chi connectivity index (χ4v) is 2.71. The fourth-order valence-electron chi connectivity index (χ4n) is 2.71. The topological polar surface area (TPSA) is 93.2 Å². The van der Waals surface area contributed by atoms with Gasteiger partial charge in [-0.15, -0.1) is 24.0 Å². The molecule has 0 aliphatic rings. The Bertz CT molecular complexity index is 861. The van der Waals surface area contributed by atoms with Gasteiger partial charge in [-0.2, -0.15) is 0 Å². The number of halogens is 1. The Kier molecular flexibility index (Phi) is 12.2. The van der Waals surface area contributed by atoms with Crippen LogP contribution in [0.4, 0.5) is 0 Å². The van der Waals surface area contributed by atoms with Gasteiger partial charge in [0.25, 0.3) is 5.91 Å². The van der Waals surface area contributed by atoms with Gasteiger partial charge in [-0.1, -0.05) is 6.07 Å². The number of hydrogen-bond acceptors (Lipinski definition) is 5. The van der Waals surface area contributed by atoms with Crippen molar-refractivity contribution in [1.82, 2.24) is 16.0 Å². The maximum atomic E-state index is 12.3. The summed E-state index contributed by atoms with van der Waals surface area (Å²) in [6.07, 6.45) is 0. The molecule has 31 heavy (non-hydrogen) atoms. The predicted molar refractivity (Wildman–Crippen MR) is 133 cm³/mol. The SMILES string of the molecule is CCNC(=NCc1ccc(OC)cc1OC)NCCNC(=O)c1cccc(OC)c1.I. The van der Waals surface area contributed by atoms with Crippen LogP contribution in [-0.2, 0) is 6.54 Å². The number of nitrogens with one attached hydrogen (secondary N) is 3. The number of hydrogen-bond donors (Lipinski definition) is 3. The molecule has 0 unspecified atom stereocenters. The van der Waals surface area contributed by atoms with Crippen molar-refractivity contribution in [3.8, 4) is 17.2 Å². The lowest BCUT2D eigenvalue weighted by Crippen LogP contribution is -2.41. The van der Waals surface area contributed by atoms with Crippen molar-refractivity contribution in [3.05, 3.63) is 53.6 Å². The Morgan fingerprint density at radius 3 is 2.29 bits per heavy atom. The summed E-state index contributed by atoms with van der Waals surface area (Å²) in [6.45, 7) is 4.14. The maximum absolute atomic E-state index is 12.3. The first-order valence-corrected chi connectivity index (χ1v) is 9.76. The van der Waals surface area contributed by atoms with Crippen LogP contribution in [0.1, 0.15) is 22.8 Å². The van der Waals surface area contributed by atoms with E-state index in [1.54, 1.807) is 45.6 Å². The Hall–Kier alpha value is -2.69. The van der Waals surface area contributed by atoms with Gasteiger partial charge in [0.05, 0.1) is 27.9 Å². The van der Waals surface area contributed by atoms with Gasteiger partial charge < -0.3 is 30.2 Å². The van der Waals surface area contributed by atoms with E-state index in [4.69, 9.17) is 14.2 Å². The predicted octanol–water partition coefficient (Wildman–Crippen LogP) is 2.82. The molecule has 0 saturated carbocycles. The van der Waals surface area contributed by atoms with Crippen molar-refractivity contribution in [3.63, 3.8) is 0 Å². The quantitative estimate of drug-likeness (QED) is 0.185. The summed E-state index contributed by atoms with van der Waals surface area (Å²) in [5.41, 5.74) is 1.50. The van der Waals surface area contributed by atoms with Crippen LogP contribution in [0, 0.1) is 0 Å². The summed E-state index contributed by atoms with van der Waals surface area (Å²) in [4.78, 5) is 16.8. The second kappa shape index (κ2) is 14.3. The van der Waals surface area contributed by atoms with Crippen LogP contribution in [0.25, 0.3) is 0 Å². The van der Waals surface area contributed by atoms with Crippen LogP contribution in [0.5, 0.6) is 17.2 Å². The Balaban J connectivity index is 0.00000480. The van der Waals surface area contributed by atoms with Crippen LogP contribution in [0.15, 0.2) is 47.5 Å². The molecule has 0 radical (unpaired) electrons. The van der Waals surface area contributed by atoms with Gasteiger partial charge in [-0.05, 0) is 37.3 Å². The lowest BCUT2D eigenvalue weighted by atomic mass is 10.2. The van der Waals surface area contributed by atoms with Gasteiger partial charge in [-0.3, -0.25) is 4.79 Å². The molecule has 0 atom stereocenters. The minimum absolute atomic E-state index is 0. The van der Waals surface area contributed by atoms with Crippen molar-refractivity contribution in [2.45, 2.75) is 13.5 Å². The summed E-state index contributed by atoms with van der Waals surface area (Å²) >= 11 is 0. The van der Waals surface area contributed by atoms with Gasteiger partial charge in [0, 0.05) is 36.8 Å². The summed E-state index contributed by atoms with van der Waals surface area (Å²) in [6, 6.07) is 12.7. The average molecular weight is 542 g/mol. The van der Waals surface area contributed by atoms with Crippen molar-refractivity contribution >= 4 is 35.8 Å². The molecule has 8 nitrogen and oxygen atoms in total.